The molecule has 0 spiro atoms. The normalized spacial score (nSPS) is 15.0. The molecule has 170 valence electrons. The van der Waals surface area contributed by atoms with E-state index in [9.17, 15) is 4.79 Å². The number of anilines is 1. The number of hydrogen-bond donors (Lipinski definition) is 1. The first-order valence-electron chi connectivity index (χ1n) is 11.4. The number of amides is 1. The van der Waals surface area contributed by atoms with E-state index < -0.39 is 0 Å². The SMILES string of the molecule is O=C1c2cc(-c3ccc(-c4nn[nH]n4)cc3)ccc2CN1c1cccc(-c2nncn2C2CC2)n1. The van der Waals surface area contributed by atoms with Crippen LogP contribution in [0.1, 0.15) is 34.8 Å². The van der Waals surface area contributed by atoms with Gasteiger partial charge in [-0.3, -0.25) is 9.69 Å². The van der Waals surface area contributed by atoms with Gasteiger partial charge in [-0.2, -0.15) is 5.21 Å². The Labute approximate surface area is 199 Å². The Morgan fingerprint density at radius 1 is 0.914 bits per heavy atom. The molecule has 0 atom stereocenters. The fraction of sp³-hybridized carbons (Fsp3) is 0.160. The van der Waals surface area contributed by atoms with E-state index in [0.717, 1.165) is 46.6 Å². The Bertz CT molecular complexity index is 1550. The van der Waals surface area contributed by atoms with Crippen molar-refractivity contribution in [1.82, 2.24) is 40.4 Å². The van der Waals surface area contributed by atoms with Crippen LogP contribution >= 0.6 is 0 Å². The molecule has 3 aromatic heterocycles. The summed E-state index contributed by atoms with van der Waals surface area (Å²) in [6, 6.07) is 20.0. The van der Waals surface area contributed by atoms with Gasteiger partial charge < -0.3 is 4.57 Å². The second-order valence-electron chi connectivity index (χ2n) is 8.75. The molecule has 1 saturated carbocycles. The Morgan fingerprint density at radius 2 is 1.74 bits per heavy atom. The number of hydrogen-bond acceptors (Lipinski definition) is 7. The highest BCUT2D eigenvalue weighted by Gasteiger charge is 2.31. The molecule has 0 radical (unpaired) electrons. The molecule has 0 bridgehead atoms. The molecule has 0 saturated heterocycles. The molecule has 10 nitrogen and oxygen atoms in total. The first kappa shape index (κ1) is 19.7. The molecule has 10 heteroatoms. The minimum absolute atomic E-state index is 0.0569. The molecule has 1 N–H and O–H groups in total. The first-order valence-corrected chi connectivity index (χ1v) is 11.4. The standard InChI is InChI=1S/C25H19N9O/c35-25-20-12-17(15-4-6-16(7-5-15)23-28-31-32-29-23)8-9-18(20)13-33(25)22-3-1-2-21(27-22)24-30-26-14-34(24)19-10-11-19/h1-9,12,14,19H,10-11,13H2,(H,28,29,31,32). The van der Waals surface area contributed by atoms with Gasteiger partial charge in [-0.25, -0.2) is 4.98 Å². The zero-order chi connectivity index (χ0) is 23.4. The van der Waals surface area contributed by atoms with Crippen LogP contribution in [0.3, 0.4) is 0 Å². The maximum absolute atomic E-state index is 13.4. The summed E-state index contributed by atoms with van der Waals surface area (Å²) in [5.74, 6) is 1.84. The van der Waals surface area contributed by atoms with Crippen LogP contribution in [0, 0.1) is 0 Å². The summed E-state index contributed by atoms with van der Waals surface area (Å²) < 4.78 is 2.07. The van der Waals surface area contributed by atoms with Crippen molar-refractivity contribution in [2.45, 2.75) is 25.4 Å². The monoisotopic (exact) mass is 461 g/mol. The number of nitrogens with one attached hydrogen (secondary N) is 1. The van der Waals surface area contributed by atoms with E-state index in [-0.39, 0.29) is 5.91 Å². The first-order chi connectivity index (χ1) is 17.2. The van der Waals surface area contributed by atoms with E-state index >= 15 is 0 Å². The van der Waals surface area contributed by atoms with Crippen molar-refractivity contribution in [3.8, 4) is 34.0 Å². The largest absolute Gasteiger partial charge is 0.309 e. The summed E-state index contributed by atoms with van der Waals surface area (Å²) in [6.45, 7) is 0.483. The second kappa shape index (κ2) is 7.66. The molecule has 2 aliphatic rings. The Hall–Kier alpha value is -4.73. The number of aromatic nitrogens is 8. The maximum Gasteiger partial charge on any atom is 0.260 e. The van der Waals surface area contributed by atoms with Gasteiger partial charge in [-0.15, -0.1) is 20.4 Å². The van der Waals surface area contributed by atoms with E-state index in [1.54, 1.807) is 11.2 Å². The predicted molar refractivity (Wildman–Crippen MR) is 127 cm³/mol. The Kier molecular flexibility index (Phi) is 4.31. The molecule has 7 rings (SSSR count). The third kappa shape index (κ3) is 3.38. The third-order valence-corrected chi connectivity index (χ3v) is 6.49. The lowest BCUT2D eigenvalue weighted by Crippen LogP contribution is -2.24. The lowest BCUT2D eigenvalue weighted by molar-refractivity contribution is 0.0996. The minimum atomic E-state index is -0.0569. The zero-order valence-corrected chi connectivity index (χ0v) is 18.5. The Balaban J connectivity index is 1.17. The van der Waals surface area contributed by atoms with E-state index in [1.165, 1.54) is 0 Å². The van der Waals surface area contributed by atoms with E-state index in [0.29, 0.717) is 29.8 Å². The number of tetrazole rings is 1. The van der Waals surface area contributed by atoms with Crippen LogP contribution in [0.2, 0.25) is 0 Å². The van der Waals surface area contributed by atoms with Crippen molar-refractivity contribution in [3.05, 3.63) is 78.1 Å². The van der Waals surface area contributed by atoms with Crippen LogP contribution < -0.4 is 4.90 Å². The summed E-state index contributed by atoms with van der Waals surface area (Å²) in [7, 11) is 0. The van der Waals surface area contributed by atoms with Gasteiger partial charge in [-0.05, 0) is 52.9 Å². The number of rotatable bonds is 5. The number of nitrogens with zero attached hydrogens (tertiary/aromatic N) is 8. The topological polar surface area (TPSA) is 118 Å². The van der Waals surface area contributed by atoms with Crippen molar-refractivity contribution in [2.24, 2.45) is 0 Å². The van der Waals surface area contributed by atoms with Crippen molar-refractivity contribution in [3.63, 3.8) is 0 Å². The van der Waals surface area contributed by atoms with Crippen LogP contribution in [0.25, 0.3) is 34.0 Å². The number of benzene rings is 2. The van der Waals surface area contributed by atoms with Crippen LogP contribution in [0.15, 0.2) is 67.0 Å². The molecule has 4 heterocycles. The number of H-pyrrole nitrogens is 1. The van der Waals surface area contributed by atoms with E-state index in [4.69, 9.17) is 4.98 Å². The summed E-state index contributed by atoms with van der Waals surface area (Å²) in [4.78, 5) is 19.9. The quantitative estimate of drug-likeness (QED) is 0.424. The average molecular weight is 461 g/mol. The molecule has 1 aliphatic carbocycles. The van der Waals surface area contributed by atoms with Crippen LogP contribution in [0.5, 0.6) is 0 Å². The number of carbonyl (C=O) groups excluding carboxylic acids is 1. The van der Waals surface area contributed by atoms with E-state index in [1.807, 2.05) is 60.7 Å². The van der Waals surface area contributed by atoms with Gasteiger partial charge in [0.1, 0.15) is 17.8 Å². The molecular weight excluding hydrogens is 442 g/mol. The molecule has 0 unspecified atom stereocenters. The van der Waals surface area contributed by atoms with Gasteiger partial charge in [0, 0.05) is 17.2 Å². The number of pyridine rings is 1. The fourth-order valence-corrected chi connectivity index (χ4v) is 4.51. The van der Waals surface area contributed by atoms with Gasteiger partial charge in [-0.1, -0.05) is 42.5 Å². The lowest BCUT2D eigenvalue weighted by Gasteiger charge is -2.15. The predicted octanol–water partition coefficient (Wildman–Crippen LogP) is 3.68. The van der Waals surface area contributed by atoms with Crippen LogP contribution in [-0.2, 0) is 6.54 Å². The van der Waals surface area contributed by atoms with Crippen LogP contribution in [0.4, 0.5) is 5.82 Å². The number of fused-ring (bicyclic) bond motifs is 1. The highest BCUT2D eigenvalue weighted by atomic mass is 16.2. The summed E-state index contributed by atoms with van der Waals surface area (Å²) in [6.07, 6.45) is 4.02. The summed E-state index contributed by atoms with van der Waals surface area (Å²) in [5.41, 5.74) is 5.24. The molecule has 2 aromatic carbocycles. The third-order valence-electron chi connectivity index (χ3n) is 6.49. The molecular formula is C25H19N9O. The fourth-order valence-electron chi connectivity index (χ4n) is 4.51. The van der Waals surface area contributed by atoms with Crippen molar-refractivity contribution in [2.75, 3.05) is 4.90 Å². The van der Waals surface area contributed by atoms with Crippen molar-refractivity contribution < 1.29 is 4.79 Å². The minimum Gasteiger partial charge on any atom is -0.309 e. The summed E-state index contributed by atoms with van der Waals surface area (Å²) >= 11 is 0. The van der Waals surface area contributed by atoms with Gasteiger partial charge >= 0.3 is 0 Å². The summed E-state index contributed by atoms with van der Waals surface area (Å²) in [5, 5.41) is 22.4. The average Bonchev–Trinajstić information content (AvgIpc) is 3.28. The molecule has 1 aliphatic heterocycles. The lowest BCUT2D eigenvalue weighted by atomic mass is 9.99. The molecule has 1 fully saturated rings. The number of carbonyl (C=O) groups is 1. The van der Waals surface area contributed by atoms with Crippen molar-refractivity contribution >= 4 is 11.7 Å². The van der Waals surface area contributed by atoms with E-state index in [2.05, 4.69) is 35.4 Å². The zero-order valence-electron chi connectivity index (χ0n) is 18.5. The second-order valence-corrected chi connectivity index (χ2v) is 8.75. The van der Waals surface area contributed by atoms with Gasteiger partial charge in [0.05, 0.1) is 6.54 Å². The molecule has 1 amide bonds. The Morgan fingerprint density at radius 3 is 2.54 bits per heavy atom. The van der Waals surface area contributed by atoms with Gasteiger partial charge in [0.25, 0.3) is 5.91 Å². The maximum atomic E-state index is 13.4. The highest BCUT2D eigenvalue weighted by Crippen LogP contribution is 2.38. The molecule has 5 aromatic rings. The highest BCUT2D eigenvalue weighted by molar-refractivity contribution is 6.10. The van der Waals surface area contributed by atoms with Gasteiger partial charge in [0.2, 0.25) is 5.82 Å². The smallest absolute Gasteiger partial charge is 0.260 e. The number of aromatic amines is 1. The molecule has 35 heavy (non-hydrogen) atoms. The van der Waals surface area contributed by atoms with Crippen LogP contribution in [-0.4, -0.2) is 46.3 Å². The van der Waals surface area contributed by atoms with Crippen molar-refractivity contribution in [1.29, 1.82) is 0 Å². The van der Waals surface area contributed by atoms with Gasteiger partial charge in [0.15, 0.2) is 5.82 Å².